The Hall–Kier alpha value is -0.0600. The zero-order chi connectivity index (χ0) is 12.1. The highest BCUT2D eigenvalue weighted by atomic mass is 79.9. The molecule has 0 aliphatic rings. The molecule has 0 radical (unpaired) electrons. The number of benzene rings is 1. The van der Waals surface area contributed by atoms with Crippen molar-refractivity contribution in [3.8, 4) is 5.75 Å². The van der Waals surface area contributed by atoms with Crippen molar-refractivity contribution >= 4 is 31.9 Å². The first-order chi connectivity index (χ1) is 7.58. The molecule has 1 aromatic carbocycles. The lowest BCUT2D eigenvalue weighted by molar-refractivity contribution is 0.280. The third-order valence-corrected chi connectivity index (χ3v) is 3.68. The van der Waals surface area contributed by atoms with Gasteiger partial charge in [-0.05, 0) is 69.1 Å². The van der Waals surface area contributed by atoms with E-state index in [0.717, 1.165) is 35.0 Å². The number of nitrogens with zero attached hydrogens (tertiary/aromatic N) is 1. The molecule has 0 aliphatic heterocycles. The molecular weight excluding hydrogens is 334 g/mol. The summed E-state index contributed by atoms with van der Waals surface area (Å²) in [5.41, 5.74) is 1.20. The van der Waals surface area contributed by atoms with Crippen LogP contribution in [0.25, 0.3) is 0 Å². The lowest BCUT2D eigenvalue weighted by Gasteiger charge is -2.20. The van der Waals surface area contributed by atoms with Crippen LogP contribution in [-0.4, -0.2) is 23.1 Å². The van der Waals surface area contributed by atoms with E-state index < -0.39 is 0 Å². The number of halogens is 2. The summed E-state index contributed by atoms with van der Waals surface area (Å²) in [5, 5.41) is 9.62. The second kappa shape index (κ2) is 6.62. The Morgan fingerprint density at radius 1 is 1.19 bits per heavy atom. The maximum Gasteiger partial charge on any atom is 0.143 e. The van der Waals surface area contributed by atoms with Crippen molar-refractivity contribution in [1.82, 2.24) is 4.90 Å². The zero-order valence-corrected chi connectivity index (χ0v) is 12.8. The largest absolute Gasteiger partial charge is 0.506 e. The molecule has 1 rings (SSSR count). The Bertz CT molecular complexity index is 332. The van der Waals surface area contributed by atoms with Gasteiger partial charge in [-0.3, -0.25) is 4.90 Å². The first-order valence-corrected chi connectivity index (χ1v) is 7.06. The predicted molar refractivity (Wildman–Crippen MR) is 74.7 cm³/mol. The lowest BCUT2D eigenvalue weighted by Crippen LogP contribution is -2.23. The first-order valence-electron chi connectivity index (χ1n) is 5.47. The average Bonchev–Trinajstić information content (AvgIpc) is 2.25. The standard InChI is InChI=1S/C12H17Br2NO/c1-3-5-15(4-2)8-9-6-10(13)12(16)11(14)7-9/h6-7,16H,3-5,8H2,1-2H3. The second-order valence-corrected chi connectivity index (χ2v) is 5.49. The molecule has 0 amide bonds. The molecule has 0 heterocycles. The highest BCUT2D eigenvalue weighted by molar-refractivity contribution is 9.11. The van der Waals surface area contributed by atoms with Gasteiger partial charge in [0.1, 0.15) is 5.75 Å². The Labute approximate surface area is 114 Å². The van der Waals surface area contributed by atoms with Crippen LogP contribution in [0.4, 0.5) is 0 Å². The predicted octanol–water partition coefficient (Wildman–Crippen LogP) is 4.15. The normalized spacial score (nSPS) is 11.1. The molecule has 0 aliphatic carbocycles. The smallest absolute Gasteiger partial charge is 0.143 e. The van der Waals surface area contributed by atoms with Crippen LogP contribution in [0, 0.1) is 0 Å². The molecule has 0 saturated heterocycles. The van der Waals surface area contributed by atoms with Gasteiger partial charge >= 0.3 is 0 Å². The maximum absolute atomic E-state index is 9.62. The summed E-state index contributed by atoms with van der Waals surface area (Å²) in [6.07, 6.45) is 1.16. The van der Waals surface area contributed by atoms with Gasteiger partial charge in [-0.25, -0.2) is 0 Å². The summed E-state index contributed by atoms with van der Waals surface area (Å²) in [4.78, 5) is 2.38. The van der Waals surface area contributed by atoms with Crippen LogP contribution >= 0.6 is 31.9 Å². The molecular formula is C12H17Br2NO. The molecule has 0 unspecified atom stereocenters. The van der Waals surface area contributed by atoms with E-state index in [1.807, 2.05) is 12.1 Å². The lowest BCUT2D eigenvalue weighted by atomic mass is 10.2. The highest BCUT2D eigenvalue weighted by Gasteiger charge is 2.08. The Kier molecular flexibility index (Phi) is 5.79. The summed E-state index contributed by atoms with van der Waals surface area (Å²) in [6.45, 7) is 7.42. The number of aromatic hydroxyl groups is 1. The van der Waals surface area contributed by atoms with Gasteiger partial charge in [-0.15, -0.1) is 0 Å². The SMILES string of the molecule is CCCN(CC)Cc1cc(Br)c(O)c(Br)c1. The van der Waals surface area contributed by atoms with E-state index >= 15 is 0 Å². The van der Waals surface area contributed by atoms with Crippen LogP contribution in [0.5, 0.6) is 5.75 Å². The third kappa shape index (κ3) is 3.75. The van der Waals surface area contributed by atoms with Crippen molar-refractivity contribution in [1.29, 1.82) is 0 Å². The van der Waals surface area contributed by atoms with Gasteiger partial charge in [-0.2, -0.15) is 0 Å². The van der Waals surface area contributed by atoms with Gasteiger partial charge < -0.3 is 5.11 Å². The van der Waals surface area contributed by atoms with Gasteiger partial charge in [0.15, 0.2) is 0 Å². The van der Waals surface area contributed by atoms with Crippen molar-refractivity contribution in [2.75, 3.05) is 13.1 Å². The van der Waals surface area contributed by atoms with E-state index in [0.29, 0.717) is 0 Å². The number of phenolic OH excluding ortho intramolecular Hbond substituents is 1. The minimum absolute atomic E-state index is 0.266. The van der Waals surface area contributed by atoms with Gasteiger partial charge in [0.25, 0.3) is 0 Å². The van der Waals surface area contributed by atoms with E-state index in [1.165, 1.54) is 5.56 Å². The van der Waals surface area contributed by atoms with Gasteiger partial charge in [0.05, 0.1) is 8.95 Å². The molecule has 0 aromatic heterocycles. The Balaban J connectivity index is 2.80. The van der Waals surface area contributed by atoms with Crippen LogP contribution in [0.15, 0.2) is 21.1 Å². The molecule has 0 bridgehead atoms. The Morgan fingerprint density at radius 3 is 2.19 bits per heavy atom. The third-order valence-electron chi connectivity index (χ3n) is 2.47. The van der Waals surface area contributed by atoms with Gasteiger partial charge in [0, 0.05) is 6.54 Å². The number of rotatable bonds is 5. The number of hydrogen-bond acceptors (Lipinski definition) is 2. The van der Waals surface area contributed by atoms with E-state index in [1.54, 1.807) is 0 Å². The molecule has 4 heteroatoms. The minimum Gasteiger partial charge on any atom is -0.506 e. The second-order valence-electron chi connectivity index (χ2n) is 3.78. The fourth-order valence-corrected chi connectivity index (χ4v) is 2.91. The van der Waals surface area contributed by atoms with E-state index in [2.05, 4.69) is 50.6 Å². The van der Waals surface area contributed by atoms with Crippen molar-refractivity contribution < 1.29 is 5.11 Å². The summed E-state index contributed by atoms with van der Waals surface area (Å²) >= 11 is 6.70. The summed E-state index contributed by atoms with van der Waals surface area (Å²) in [7, 11) is 0. The molecule has 0 atom stereocenters. The van der Waals surface area contributed by atoms with Crippen molar-refractivity contribution in [3.63, 3.8) is 0 Å². The van der Waals surface area contributed by atoms with Crippen LogP contribution in [0.1, 0.15) is 25.8 Å². The molecule has 90 valence electrons. The van der Waals surface area contributed by atoms with Crippen LogP contribution in [0.2, 0.25) is 0 Å². The quantitative estimate of drug-likeness (QED) is 0.862. The van der Waals surface area contributed by atoms with Crippen molar-refractivity contribution in [3.05, 3.63) is 26.6 Å². The number of hydrogen-bond donors (Lipinski definition) is 1. The molecule has 1 N–H and O–H groups in total. The summed E-state index contributed by atoms with van der Waals surface area (Å²) in [5.74, 6) is 0.266. The molecule has 0 fully saturated rings. The van der Waals surface area contributed by atoms with E-state index in [9.17, 15) is 5.11 Å². The summed E-state index contributed by atoms with van der Waals surface area (Å²) < 4.78 is 1.48. The monoisotopic (exact) mass is 349 g/mol. The number of phenols is 1. The van der Waals surface area contributed by atoms with Crippen LogP contribution in [-0.2, 0) is 6.54 Å². The molecule has 2 nitrogen and oxygen atoms in total. The van der Waals surface area contributed by atoms with Gasteiger partial charge in [-0.1, -0.05) is 13.8 Å². The van der Waals surface area contributed by atoms with Crippen molar-refractivity contribution in [2.45, 2.75) is 26.8 Å². The molecule has 0 saturated carbocycles. The highest BCUT2D eigenvalue weighted by Crippen LogP contribution is 2.33. The Morgan fingerprint density at radius 2 is 1.75 bits per heavy atom. The summed E-state index contributed by atoms with van der Waals surface area (Å²) in [6, 6.07) is 3.94. The molecule has 16 heavy (non-hydrogen) atoms. The molecule has 1 aromatic rings. The van der Waals surface area contributed by atoms with Gasteiger partial charge in [0.2, 0.25) is 0 Å². The minimum atomic E-state index is 0.266. The topological polar surface area (TPSA) is 23.5 Å². The van der Waals surface area contributed by atoms with E-state index in [4.69, 9.17) is 0 Å². The van der Waals surface area contributed by atoms with Crippen LogP contribution < -0.4 is 0 Å². The van der Waals surface area contributed by atoms with Crippen LogP contribution in [0.3, 0.4) is 0 Å². The maximum atomic E-state index is 9.62. The fourth-order valence-electron chi connectivity index (χ4n) is 1.63. The van der Waals surface area contributed by atoms with Crippen molar-refractivity contribution in [2.24, 2.45) is 0 Å². The fraction of sp³-hybridized carbons (Fsp3) is 0.500. The average molecular weight is 351 g/mol. The van der Waals surface area contributed by atoms with E-state index in [-0.39, 0.29) is 5.75 Å². The zero-order valence-electron chi connectivity index (χ0n) is 9.63. The molecule has 0 spiro atoms. The first kappa shape index (κ1) is 14.0.